The van der Waals surface area contributed by atoms with Gasteiger partial charge in [0.25, 0.3) is 0 Å². The van der Waals surface area contributed by atoms with Crippen molar-refractivity contribution in [1.82, 2.24) is 4.57 Å². The number of aromatic nitrogens is 1. The van der Waals surface area contributed by atoms with Crippen molar-refractivity contribution in [2.24, 2.45) is 16.6 Å². The van der Waals surface area contributed by atoms with E-state index in [0.29, 0.717) is 23.4 Å². The van der Waals surface area contributed by atoms with E-state index in [1.165, 1.54) is 19.4 Å². The molecule has 1 aliphatic heterocycles. The molecule has 0 saturated heterocycles. The van der Waals surface area contributed by atoms with Crippen LogP contribution in [0, 0.1) is 5.92 Å². The van der Waals surface area contributed by atoms with Crippen LogP contribution in [0.2, 0.25) is 0 Å². The topological polar surface area (TPSA) is 95.9 Å². The van der Waals surface area contributed by atoms with Crippen molar-refractivity contribution in [2.45, 2.75) is 39.4 Å². The molecule has 0 bridgehead atoms. The van der Waals surface area contributed by atoms with E-state index in [1.807, 2.05) is 18.4 Å². The molecule has 0 aliphatic carbocycles. The molecule has 35 heavy (non-hydrogen) atoms. The summed E-state index contributed by atoms with van der Waals surface area (Å²) in [6, 6.07) is 4.84. The Hall–Kier alpha value is -3.56. The molecular weight excluding hydrogens is 463 g/mol. The zero-order valence-electron chi connectivity index (χ0n) is 20.0. The van der Waals surface area contributed by atoms with Crippen LogP contribution in [-0.2, 0) is 11.2 Å². The largest absolute Gasteiger partial charge is 0.496 e. The van der Waals surface area contributed by atoms with Gasteiger partial charge in [-0.05, 0) is 37.0 Å². The number of hydrogen-bond donors (Lipinski definition) is 1. The number of benzene rings is 1. The minimum atomic E-state index is -4.43. The number of alkyl halides is 3. The predicted octanol–water partition coefficient (Wildman–Crippen LogP) is 4.39. The fourth-order valence-corrected chi connectivity index (χ4v) is 4.16. The minimum Gasteiger partial charge on any atom is -0.496 e. The second-order valence-corrected chi connectivity index (χ2v) is 8.50. The number of methoxy groups -OCH3 is 1. The van der Waals surface area contributed by atoms with E-state index in [1.54, 1.807) is 25.3 Å². The van der Waals surface area contributed by atoms with Crippen molar-refractivity contribution in [3.8, 4) is 17.0 Å². The molecule has 188 valence electrons. The molecule has 2 aromatic rings. The summed E-state index contributed by atoms with van der Waals surface area (Å²) in [5.41, 5.74) is 8.17. The number of carbonyl (C=O) groups excluding carboxylic acids is 1. The molecule has 1 aromatic carbocycles. The number of aliphatic imine (C=N–C) groups is 1. The standard InChI is InChI=1S/C25H28F3N3O4/c1-5-35-24(33)19-12-31-20(14(2)3)7-15-6-18(16(10-29)11-30-13-25(26,27)28)23(34-4)8-17(15)21(31)9-22(19)32/h6,8-12,14,20H,5,7,13,29H2,1-4H3. The number of hydrogen-bond acceptors (Lipinski definition) is 6. The van der Waals surface area contributed by atoms with Crippen molar-refractivity contribution < 1.29 is 27.4 Å². The first kappa shape index (κ1) is 26.1. The van der Waals surface area contributed by atoms with Crippen molar-refractivity contribution >= 4 is 17.8 Å². The molecule has 1 aliphatic rings. The van der Waals surface area contributed by atoms with Gasteiger partial charge in [0.2, 0.25) is 0 Å². The second kappa shape index (κ2) is 10.4. The summed E-state index contributed by atoms with van der Waals surface area (Å²) in [4.78, 5) is 28.6. The van der Waals surface area contributed by atoms with Crippen molar-refractivity contribution in [3.05, 3.63) is 57.5 Å². The number of carbonyl (C=O) groups is 1. The lowest BCUT2D eigenvalue weighted by atomic mass is 9.85. The molecule has 0 fully saturated rings. The maximum absolute atomic E-state index is 12.8. The number of pyridine rings is 1. The van der Waals surface area contributed by atoms with Crippen molar-refractivity contribution in [2.75, 3.05) is 20.3 Å². The average Bonchev–Trinajstić information content (AvgIpc) is 2.79. The second-order valence-electron chi connectivity index (χ2n) is 8.50. The Morgan fingerprint density at radius 1 is 1.29 bits per heavy atom. The highest BCUT2D eigenvalue weighted by Gasteiger charge is 2.30. The summed E-state index contributed by atoms with van der Waals surface area (Å²) in [7, 11) is 1.43. The Bertz CT molecular complexity index is 1230. The van der Waals surface area contributed by atoms with Crippen LogP contribution in [0.5, 0.6) is 5.75 Å². The van der Waals surface area contributed by atoms with Gasteiger partial charge in [0.15, 0.2) is 5.43 Å². The predicted molar refractivity (Wildman–Crippen MR) is 128 cm³/mol. The SMILES string of the molecule is CCOC(=O)c1cn2c(cc1=O)-c1cc(OC)c(C(C=NCC(F)(F)F)=CN)cc1CC2C(C)C. The summed E-state index contributed by atoms with van der Waals surface area (Å²) in [5, 5.41) is 0. The molecule has 0 spiro atoms. The number of allylic oxidation sites excluding steroid dienone is 1. The molecular formula is C25H28F3N3O4. The van der Waals surface area contributed by atoms with Crippen LogP contribution in [0.4, 0.5) is 13.2 Å². The lowest BCUT2D eigenvalue weighted by molar-refractivity contribution is -0.118. The van der Waals surface area contributed by atoms with Gasteiger partial charge >= 0.3 is 12.1 Å². The summed E-state index contributed by atoms with van der Waals surface area (Å²) >= 11 is 0. The highest BCUT2D eigenvalue weighted by atomic mass is 19.4. The van der Waals surface area contributed by atoms with Gasteiger partial charge in [0.1, 0.15) is 17.9 Å². The number of halogens is 3. The van der Waals surface area contributed by atoms with Gasteiger partial charge in [0, 0.05) is 47.4 Å². The first-order valence-corrected chi connectivity index (χ1v) is 11.1. The number of fused-ring (bicyclic) bond motifs is 3. The maximum atomic E-state index is 12.8. The van der Waals surface area contributed by atoms with Gasteiger partial charge < -0.3 is 19.8 Å². The molecule has 2 heterocycles. The Labute approximate surface area is 201 Å². The van der Waals surface area contributed by atoms with Gasteiger partial charge in [-0.1, -0.05) is 13.8 Å². The number of esters is 1. The Morgan fingerprint density at radius 2 is 2.00 bits per heavy atom. The molecule has 1 atom stereocenters. The molecule has 1 aromatic heterocycles. The van der Waals surface area contributed by atoms with E-state index < -0.39 is 24.1 Å². The smallest absolute Gasteiger partial charge is 0.407 e. The molecule has 3 rings (SSSR count). The molecule has 0 amide bonds. The summed E-state index contributed by atoms with van der Waals surface area (Å²) < 4.78 is 50.1. The maximum Gasteiger partial charge on any atom is 0.407 e. The lowest BCUT2D eigenvalue weighted by Gasteiger charge is -2.34. The van der Waals surface area contributed by atoms with E-state index >= 15 is 0 Å². The van der Waals surface area contributed by atoms with E-state index in [4.69, 9.17) is 15.2 Å². The van der Waals surface area contributed by atoms with Gasteiger partial charge in [-0.3, -0.25) is 9.79 Å². The van der Waals surface area contributed by atoms with Crippen LogP contribution >= 0.6 is 0 Å². The van der Waals surface area contributed by atoms with E-state index in [2.05, 4.69) is 4.99 Å². The first-order valence-electron chi connectivity index (χ1n) is 11.1. The van der Waals surface area contributed by atoms with Crippen LogP contribution in [0.1, 0.15) is 48.3 Å². The fourth-order valence-electron chi connectivity index (χ4n) is 4.16. The molecule has 1 unspecified atom stereocenters. The van der Waals surface area contributed by atoms with Crippen molar-refractivity contribution in [3.63, 3.8) is 0 Å². The highest BCUT2D eigenvalue weighted by Crippen LogP contribution is 2.41. The number of nitrogens with two attached hydrogens (primary N) is 1. The van der Waals surface area contributed by atoms with Crippen LogP contribution in [-0.4, -0.2) is 43.2 Å². The zero-order chi connectivity index (χ0) is 25.9. The van der Waals surface area contributed by atoms with E-state index in [9.17, 15) is 22.8 Å². The number of ether oxygens (including phenoxy) is 2. The Balaban J connectivity index is 2.17. The van der Waals surface area contributed by atoms with E-state index in [-0.39, 0.29) is 29.7 Å². The first-order chi connectivity index (χ1) is 16.5. The third-order valence-electron chi connectivity index (χ3n) is 5.82. The van der Waals surface area contributed by atoms with Crippen LogP contribution in [0.15, 0.2) is 40.4 Å². The molecule has 2 N–H and O–H groups in total. The monoisotopic (exact) mass is 491 g/mol. The van der Waals surface area contributed by atoms with Gasteiger partial charge in [-0.15, -0.1) is 0 Å². The van der Waals surface area contributed by atoms with Crippen LogP contribution < -0.4 is 15.9 Å². The summed E-state index contributed by atoms with van der Waals surface area (Å²) in [5.74, 6) is -0.178. The Kier molecular flexibility index (Phi) is 7.72. The Morgan fingerprint density at radius 3 is 2.57 bits per heavy atom. The van der Waals surface area contributed by atoms with Crippen molar-refractivity contribution in [1.29, 1.82) is 0 Å². The molecule has 7 nitrogen and oxygen atoms in total. The third kappa shape index (κ3) is 5.58. The highest BCUT2D eigenvalue weighted by molar-refractivity contribution is 6.11. The number of rotatable bonds is 7. The average molecular weight is 492 g/mol. The van der Waals surface area contributed by atoms with Gasteiger partial charge in [0.05, 0.1) is 19.4 Å². The van der Waals surface area contributed by atoms with Gasteiger partial charge in [-0.25, -0.2) is 4.79 Å². The third-order valence-corrected chi connectivity index (χ3v) is 5.82. The van der Waals surface area contributed by atoms with Crippen LogP contribution in [0.3, 0.4) is 0 Å². The number of nitrogens with zero attached hydrogens (tertiary/aromatic N) is 2. The minimum absolute atomic E-state index is 0.0393. The lowest BCUT2D eigenvalue weighted by Crippen LogP contribution is -2.28. The zero-order valence-corrected chi connectivity index (χ0v) is 20.0. The van der Waals surface area contributed by atoms with Crippen LogP contribution in [0.25, 0.3) is 16.8 Å². The fraction of sp³-hybridized carbons (Fsp3) is 0.400. The van der Waals surface area contributed by atoms with Gasteiger partial charge in [-0.2, -0.15) is 13.2 Å². The molecule has 0 radical (unpaired) electrons. The quantitative estimate of drug-likeness (QED) is 0.458. The summed E-state index contributed by atoms with van der Waals surface area (Å²) in [6.45, 7) is 4.55. The molecule has 10 heteroatoms. The summed E-state index contributed by atoms with van der Waals surface area (Å²) in [6.07, 6.45) is -0.0835. The van der Waals surface area contributed by atoms with E-state index in [0.717, 1.165) is 17.3 Å². The normalized spacial score (nSPS) is 15.8. The molecule has 0 saturated carbocycles.